The highest BCUT2D eigenvalue weighted by molar-refractivity contribution is 7.37. The van der Waals surface area contributed by atoms with E-state index in [9.17, 15) is 0 Å². The van der Waals surface area contributed by atoms with Gasteiger partial charge in [-0.05, 0) is 28.4 Å². The lowest BCUT2D eigenvalue weighted by molar-refractivity contribution is 0.445. The summed E-state index contributed by atoms with van der Waals surface area (Å²) in [7, 11) is -2.18. The maximum absolute atomic E-state index is 7.65. The van der Waals surface area contributed by atoms with Crippen molar-refractivity contribution in [3.8, 4) is 0 Å². The molecule has 3 heteroatoms. The summed E-state index contributed by atoms with van der Waals surface area (Å²) in [6.45, 7) is 0.805. The fourth-order valence-corrected chi connectivity index (χ4v) is 11.3. The Hall–Kier alpha value is -1.25. The number of hydrogen-bond donors (Lipinski definition) is 0. The SMILES string of the molecule is Cl[Si]1(c2ccccc2)CCC(B2C3CCCC2CCC3)=C1c1ccccc1. The van der Waals surface area contributed by atoms with E-state index in [2.05, 4.69) is 60.7 Å². The fraction of sp³-hybridized carbons (Fsp3) is 0.417. The Kier molecular flexibility index (Phi) is 4.82. The van der Waals surface area contributed by atoms with E-state index in [1.165, 1.54) is 61.7 Å². The molecule has 1 atom stereocenters. The van der Waals surface area contributed by atoms with E-state index in [-0.39, 0.29) is 0 Å². The maximum Gasteiger partial charge on any atom is 0.217 e. The number of halogens is 1. The van der Waals surface area contributed by atoms with Gasteiger partial charge in [-0.25, -0.2) is 0 Å². The van der Waals surface area contributed by atoms with E-state index in [1.54, 1.807) is 10.7 Å². The molecule has 0 spiro atoms. The lowest BCUT2D eigenvalue weighted by Crippen LogP contribution is -2.42. The molecule has 5 rings (SSSR count). The fourth-order valence-electron chi connectivity index (χ4n) is 6.40. The van der Waals surface area contributed by atoms with Crippen LogP contribution in [0.2, 0.25) is 17.7 Å². The second kappa shape index (κ2) is 7.29. The highest BCUT2D eigenvalue weighted by atomic mass is 35.6. The molecule has 2 aromatic carbocycles. The Morgan fingerprint density at radius 1 is 0.778 bits per heavy atom. The van der Waals surface area contributed by atoms with Gasteiger partial charge in [-0.15, -0.1) is 0 Å². The van der Waals surface area contributed by atoms with Gasteiger partial charge < -0.3 is 0 Å². The van der Waals surface area contributed by atoms with Crippen LogP contribution in [0.5, 0.6) is 0 Å². The Morgan fingerprint density at radius 3 is 1.93 bits per heavy atom. The first kappa shape index (κ1) is 17.8. The molecule has 1 unspecified atom stereocenters. The van der Waals surface area contributed by atoms with Crippen LogP contribution in [0.25, 0.3) is 5.20 Å². The summed E-state index contributed by atoms with van der Waals surface area (Å²) >= 11 is 7.65. The molecule has 27 heavy (non-hydrogen) atoms. The molecule has 3 aliphatic heterocycles. The first-order valence-corrected chi connectivity index (χ1v) is 14.0. The van der Waals surface area contributed by atoms with Crippen LogP contribution in [0.1, 0.15) is 50.5 Å². The molecule has 2 saturated heterocycles. The molecule has 0 aromatic heterocycles. The second-order valence-electron chi connectivity index (χ2n) is 8.84. The van der Waals surface area contributed by atoms with Gasteiger partial charge in [0.15, 0.2) is 6.71 Å². The summed E-state index contributed by atoms with van der Waals surface area (Å²) < 4.78 is 0. The standard InChI is InChI=1S/C24H28BClSi/c26-27(22-15-5-2-6-16-22)18-17-23(24(27)19-9-3-1-4-10-19)25-20-11-7-12-21(25)14-8-13-20/h1-6,9-10,15-16,20-21H,7-8,11-14,17-18H2. The summed E-state index contributed by atoms with van der Waals surface area (Å²) in [5, 5.41) is 2.99. The summed E-state index contributed by atoms with van der Waals surface area (Å²) in [6, 6.07) is 23.3. The van der Waals surface area contributed by atoms with Crippen molar-refractivity contribution >= 4 is 35.6 Å². The zero-order chi connectivity index (χ0) is 18.3. The van der Waals surface area contributed by atoms with Crippen LogP contribution in [0, 0.1) is 0 Å². The van der Waals surface area contributed by atoms with Crippen LogP contribution < -0.4 is 5.19 Å². The van der Waals surface area contributed by atoms with Crippen LogP contribution in [-0.2, 0) is 0 Å². The first-order valence-electron chi connectivity index (χ1n) is 10.8. The van der Waals surface area contributed by atoms with Crippen molar-refractivity contribution in [1.82, 2.24) is 0 Å². The van der Waals surface area contributed by atoms with Crippen LogP contribution >= 0.6 is 11.1 Å². The van der Waals surface area contributed by atoms with Crippen molar-refractivity contribution in [1.29, 1.82) is 0 Å². The van der Waals surface area contributed by atoms with Crippen molar-refractivity contribution in [3.05, 3.63) is 71.7 Å². The van der Waals surface area contributed by atoms with E-state index >= 15 is 0 Å². The largest absolute Gasteiger partial charge is 0.217 e. The van der Waals surface area contributed by atoms with Gasteiger partial charge in [0.2, 0.25) is 7.38 Å². The van der Waals surface area contributed by atoms with E-state index in [0.29, 0.717) is 0 Å². The van der Waals surface area contributed by atoms with Crippen LogP contribution in [0.4, 0.5) is 0 Å². The van der Waals surface area contributed by atoms with E-state index in [1.807, 2.05) is 0 Å². The molecule has 0 amide bonds. The number of fused-ring (bicyclic) bond motifs is 2. The number of benzene rings is 2. The molecular formula is C24H28BClSi. The number of rotatable bonds is 3. The normalized spacial score (nSPS) is 30.6. The molecule has 0 aliphatic carbocycles. The summed E-state index contributed by atoms with van der Waals surface area (Å²) in [5.74, 6) is 1.82. The van der Waals surface area contributed by atoms with Crippen molar-refractivity contribution in [2.24, 2.45) is 0 Å². The van der Waals surface area contributed by atoms with E-state index in [0.717, 1.165) is 18.3 Å². The van der Waals surface area contributed by atoms with Crippen molar-refractivity contribution < 1.29 is 0 Å². The quantitative estimate of drug-likeness (QED) is 0.408. The molecule has 0 N–H and O–H groups in total. The average molecular weight is 391 g/mol. The molecule has 0 radical (unpaired) electrons. The van der Waals surface area contributed by atoms with Gasteiger partial charge in [-0.1, -0.05) is 116 Å². The summed E-state index contributed by atoms with van der Waals surface area (Å²) in [4.78, 5) is 0. The molecule has 2 aromatic rings. The van der Waals surface area contributed by atoms with Crippen LogP contribution in [-0.4, -0.2) is 14.1 Å². The minimum atomic E-state index is -2.18. The van der Waals surface area contributed by atoms with Gasteiger partial charge in [0, 0.05) is 0 Å². The minimum Gasteiger partial charge on any atom is -0.155 e. The van der Waals surface area contributed by atoms with E-state index < -0.39 is 7.38 Å². The lowest BCUT2D eigenvalue weighted by atomic mass is 9.24. The van der Waals surface area contributed by atoms with Gasteiger partial charge >= 0.3 is 0 Å². The molecule has 2 bridgehead atoms. The molecule has 3 aliphatic rings. The minimum absolute atomic E-state index is 0.805. The molecule has 138 valence electrons. The Balaban J connectivity index is 1.67. The second-order valence-corrected chi connectivity index (χ2v) is 14.0. The van der Waals surface area contributed by atoms with Gasteiger partial charge in [0.25, 0.3) is 0 Å². The molecule has 0 saturated carbocycles. The van der Waals surface area contributed by atoms with E-state index in [4.69, 9.17) is 11.1 Å². The third-order valence-corrected chi connectivity index (χ3v) is 12.8. The monoisotopic (exact) mass is 390 g/mol. The topological polar surface area (TPSA) is 0 Å². The maximum atomic E-state index is 7.65. The zero-order valence-corrected chi connectivity index (χ0v) is 17.8. The predicted octanol–water partition coefficient (Wildman–Crippen LogP) is 6.62. The lowest BCUT2D eigenvalue weighted by Gasteiger charge is -2.42. The Bertz CT molecular complexity index is 812. The average Bonchev–Trinajstić information content (AvgIpc) is 3.07. The van der Waals surface area contributed by atoms with Crippen LogP contribution in [0.3, 0.4) is 0 Å². The van der Waals surface area contributed by atoms with Crippen molar-refractivity contribution in [3.63, 3.8) is 0 Å². The third kappa shape index (κ3) is 3.06. The summed E-state index contributed by atoms with van der Waals surface area (Å²) in [6.07, 6.45) is 9.88. The smallest absolute Gasteiger partial charge is 0.155 e. The van der Waals surface area contributed by atoms with Crippen molar-refractivity contribution in [2.45, 2.75) is 62.6 Å². The zero-order valence-electron chi connectivity index (χ0n) is 16.0. The first-order chi connectivity index (χ1) is 13.3. The molecule has 2 fully saturated rings. The Labute approximate surface area is 169 Å². The number of allylic oxidation sites excluding steroid dienone is 1. The van der Waals surface area contributed by atoms with Gasteiger partial charge in [0.1, 0.15) is 0 Å². The van der Waals surface area contributed by atoms with Crippen LogP contribution in [0.15, 0.2) is 66.1 Å². The van der Waals surface area contributed by atoms with Crippen molar-refractivity contribution in [2.75, 3.05) is 0 Å². The highest BCUT2D eigenvalue weighted by Crippen LogP contribution is 2.54. The van der Waals surface area contributed by atoms with Gasteiger partial charge in [-0.3, -0.25) is 0 Å². The molecular weight excluding hydrogens is 363 g/mol. The summed E-state index contributed by atoms with van der Waals surface area (Å²) in [5.41, 5.74) is 3.17. The highest BCUT2D eigenvalue weighted by Gasteiger charge is 2.50. The molecule has 3 heterocycles. The number of hydrogen-bond acceptors (Lipinski definition) is 0. The predicted molar refractivity (Wildman–Crippen MR) is 121 cm³/mol. The molecule has 0 nitrogen and oxygen atoms in total. The Morgan fingerprint density at radius 2 is 1.33 bits per heavy atom. The van der Waals surface area contributed by atoms with Gasteiger partial charge in [0.05, 0.1) is 0 Å². The van der Waals surface area contributed by atoms with Gasteiger partial charge in [-0.2, -0.15) is 11.1 Å². The third-order valence-electron chi connectivity index (χ3n) is 7.47.